The maximum Gasteiger partial charge on any atom is 0.233 e. The van der Waals surface area contributed by atoms with Gasteiger partial charge in [0.25, 0.3) is 0 Å². The SMILES string of the molecule is C=CB(c1ccccc1)c1ccccc1.CCC=CC[SiH](C)C(c1ccccc1)(c1ccccc1)n1ccnc1. The summed E-state index contributed by atoms with van der Waals surface area (Å²) in [5.74, 6) is 1.99. The third-order valence-electron chi connectivity index (χ3n) is 7.50. The standard InChI is InChI=1S/C22H26N2Si.C14H13B/c1-3-4-11-18-25(2)22(24-17-16-23-19-24,20-12-7-5-8-13-20)21-14-9-6-10-15-21;1-2-15(13-9-5-3-6-10-13)14-11-7-4-8-12-14/h4-17,19,25H,3,18H2,1-2H3;2-12H,1H2. The van der Waals surface area contributed by atoms with Crippen LogP contribution < -0.4 is 10.9 Å². The van der Waals surface area contributed by atoms with Crippen molar-refractivity contribution >= 4 is 26.4 Å². The van der Waals surface area contributed by atoms with Crippen LogP contribution >= 0.6 is 0 Å². The molecule has 40 heavy (non-hydrogen) atoms. The summed E-state index contributed by atoms with van der Waals surface area (Å²) in [4.78, 5) is 4.39. The minimum atomic E-state index is -1.29. The second kappa shape index (κ2) is 14.9. The molecule has 0 amide bonds. The zero-order chi connectivity index (χ0) is 28.0. The van der Waals surface area contributed by atoms with Crippen molar-refractivity contribution in [3.63, 3.8) is 0 Å². The van der Waals surface area contributed by atoms with Crippen LogP contribution in [0.15, 0.2) is 165 Å². The predicted molar refractivity (Wildman–Crippen MR) is 177 cm³/mol. The second-order valence-corrected chi connectivity index (χ2v) is 13.1. The Bertz CT molecular complexity index is 1340. The highest BCUT2D eigenvalue weighted by atomic mass is 28.3. The largest absolute Gasteiger partial charge is 0.326 e. The van der Waals surface area contributed by atoms with Gasteiger partial charge in [-0.05, 0) is 23.6 Å². The molecular formula is C36H39BN2Si. The lowest BCUT2D eigenvalue weighted by Crippen LogP contribution is -2.48. The molecule has 0 aliphatic rings. The van der Waals surface area contributed by atoms with Crippen LogP contribution in [0.2, 0.25) is 12.6 Å². The highest BCUT2D eigenvalue weighted by Gasteiger charge is 2.41. The fourth-order valence-corrected chi connectivity index (χ4v) is 8.69. The van der Waals surface area contributed by atoms with E-state index >= 15 is 0 Å². The van der Waals surface area contributed by atoms with Gasteiger partial charge < -0.3 is 4.57 Å². The second-order valence-electron chi connectivity index (χ2n) is 10.0. The molecule has 4 heteroatoms. The average Bonchev–Trinajstić information content (AvgIpc) is 3.56. The van der Waals surface area contributed by atoms with Gasteiger partial charge >= 0.3 is 0 Å². The summed E-state index contributed by atoms with van der Waals surface area (Å²) in [6.45, 7) is 8.88. The summed E-state index contributed by atoms with van der Waals surface area (Å²) in [6, 6.07) is 43.9. The molecule has 0 spiro atoms. The lowest BCUT2D eigenvalue weighted by molar-refractivity contribution is 0.583. The third-order valence-corrected chi connectivity index (χ3v) is 10.9. The molecule has 0 aliphatic carbocycles. The van der Waals surface area contributed by atoms with E-state index < -0.39 is 8.80 Å². The van der Waals surface area contributed by atoms with Gasteiger partial charge in [-0.1, -0.05) is 158 Å². The third kappa shape index (κ3) is 6.70. The first-order valence-electron chi connectivity index (χ1n) is 14.2. The lowest BCUT2D eigenvalue weighted by Gasteiger charge is -2.41. The summed E-state index contributed by atoms with van der Waals surface area (Å²) < 4.78 is 2.33. The van der Waals surface area contributed by atoms with E-state index in [-0.39, 0.29) is 5.16 Å². The predicted octanol–water partition coefficient (Wildman–Crippen LogP) is 7.06. The van der Waals surface area contributed by atoms with Gasteiger partial charge in [0.05, 0.1) is 20.3 Å². The van der Waals surface area contributed by atoms with Crippen LogP contribution in [0.5, 0.6) is 0 Å². The maximum absolute atomic E-state index is 4.39. The topological polar surface area (TPSA) is 17.8 Å². The molecule has 200 valence electrons. The van der Waals surface area contributed by atoms with E-state index in [2.05, 4.69) is 157 Å². The van der Waals surface area contributed by atoms with Gasteiger partial charge in [-0.15, -0.1) is 12.6 Å². The van der Waals surface area contributed by atoms with Crippen molar-refractivity contribution in [2.45, 2.75) is 31.1 Å². The van der Waals surface area contributed by atoms with Crippen molar-refractivity contribution < 1.29 is 0 Å². The fourth-order valence-electron chi connectivity index (χ4n) is 5.56. The van der Waals surface area contributed by atoms with Crippen LogP contribution in [0.4, 0.5) is 0 Å². The number of aromatic nitrogens is 2. The van der Waals surface area contributed by atoms with Crippen molar-refractivity contribution in [3.05, 3.63) is 176 Å². The molecule has 0 saturated heterocycles. The Morgan fingerprint density at radius 3 is 1.62 bits per heavy atom. The monoisotopic (exact) mass is 538 g/mol. The van der Waals surface area contributed by atoms with Gasteiger partial charge in [0.1, 0.15) is 0 Å². The molecule has 0 N–H and O–H groups in total. The fraction of sp³-hybridized carbons (Fsp3) is 0.139. The quantitative estimate of drug-likeness (QED) is 0.138. The van der Waals surface area contributed by atoms with E-state index in [0.717, 1.165) is 12.5 Å². The maximum atomic E-state index is 4.39. The molecule has 2 nitrogen and oxygen atoms in total. The Morgan fingerprint density at radius 1 is 0.750 bits per heavy atom. The molecule has 4 aromatic carbocycles. The van der Waals surface area contributed by atoms with E-state index in [0.29, 0.717) is 6.71 Å². The van der Waals surface area contributed by atoms with E-state index in [1.165, 1.54) is 22.1 Å². The zero-order valence-electron chi connectivity index (χ0n) is 23.7. The molecule has 1 atom stereocenters. The Labute approximate surface area is 242 Å². The van der Waals surface area contributed by atoms with Crippen LogP contribution in [0.3, 0.4) is 0 Å². The molecule has 5 aromatic rings. The molecule has 1 unspecified atom stereocenters. The molecule has 0 aliphatic heterocycles. The van der Waals surface area contributed by atoms with Crippen molar-refractivity contribution in [2.75, 3.05) is 0 Å². The molecule has 5 rings (SSSR count). The highest BCUT2D eigenvalue weighted by Crippen LogP contribution is 2.38. The molecule has 0 bridgehead atoms. The lowest BCUT2D eigenvalue weighted by atomic mass is 9.41. The number of hydrogen-bond acceptors (Lipinski definition) is 1. The normalized spacial score (nSPS) is 11.8. The Morgan fingerprint density at radius 2 is 1.23 bits per heavy atom. The van der Waals surface area contributed by atoms with Gasteiger partial charge in [0.2, 0.25) is 6.71 Å². The number of allylic oxidation sites excluding steroid dienone is 2. The first-order chi connectivity index (χ1) is 19.7. The average molecular weight is 539 g/mol. The first kappa shape index (κ1) is 28.8. The summed E-state index contributed by atoms with van der Waals surface area (Å²) in [6.07, 6.45) is 11.7. The molecule has 1 heterocycles. The van der Waals surface area contributed by atoms with Crippen molar-refractivity contribution in [2.24, 2.45) is 0 Å². The minimum Gasteiger partial charge on any atom is -0.326 e. The number of nitrogens with zero attached hydrogens (tertiary/aromatic N) is 2. The summed E-state index contributed by atoms with van der Waals surface area (Å²) >= 11 is 0. The summed E-state index contributed by atoms with van der Waals surface area (Å²) in [5.41, 5.74) is 5.28. The highest BCUT2D eigenvalue weighted by molar-refractivity contribution is 6.89. The van der Waals surface area contributed by atoms with Crippen LogP contribution in [-0.2, 0) is 5.16 Å². The molecular weight excluding hydrogens is 499 g/mol. The molecule has 0 fully saturated rings. The van der Waals surface area contributed by atoms with Crippen molar-refractivity contribution in [3.8, 4) is 0 Å². The Hall–Kier alpha value is -4.15. The van der Waals surface area contributed by atoms with Crippen molar-refractivity contribution in [1.82, 2.24) is 9.55 Å². The van der Waals surface area contributed by atoms with Gasteiger partial charge in [-0.3, -0.25) is 0 Å². The molecule has 0 saturated carbocycles. The van der Waals surface area contributed by atoms with Gasteiger partial charge in [0.15, 0.2) is 0 Å². The van der Waals surface area contributed by atoms with Crippen molar-refractivity contribution in [1.29, 1.82) is 0 Å². The van der Waals surface area contributed by atoms with Crippen LogP contribution in [0.1, 0.15) is 24.5 Å². The number of hydrogen-bond donors (Lipinski definition) is 0. The number of imidazole rings is 1. The molecule has 1 aromatic heterocycles. The smallest absolute Gasteiger partial charge is 0.233 e. The van der Waals surface area contributed by atoms with Crippen LogP contribution in [-0.4, -0.2) is 25.1 Å². The minimum absolute atomic E-state index is 0.142. The Kier molecular flexibility index (Phi) is 10.7. The molecule has 0 radical (unpaired) electrons. The number of rotatable bonds is 10. The van der Waals surface area contributed by atoms with Crippen LogP contribution in [0, 0.1) is 0 Å². The van der Waals surface area contributed by atoms with Gasteiger partial charge in [-0.2, -0.15) is 0 Å². The van der Waals surface area contributed by atoms with Gasteiger partial charge in [0, 0.05) is 12.4 Å². The summed E-state index contributed by atoms with van der Waals surface area (Å²) in [5, 5.41) is -0.142. The first-order valence-corrected chi connectivity index (χ1v) is 16.7. The summed E-state index contributed by atoms with van der Waals surface area (Å²) in [7, 11) is -1.29. The van der Waals surface area contributed by atoms with E-state index in [1.807, 2.05) is 30.6 Å². The van der Waals surface area contributed by atoms with E-state index in [4.69, 9.17) is 0 Å². The number of benzene rings is 4. The van der Waals surface area contributed by atoms with Crippen LogP contribution in [0.25, 0.3) is 0 Å². The Balaban J connectivity index is 0.000000210. The van der Waals surface area contributed by atoms with E-state index in [1.54, 1.807) is 0 Å². The van der Waals surface area contributed by atoms with E-state index in [9.17, 15) is 0 Å². The van der Waals surface area contributed by atoms with Gasteiger partial charge in [-0.25, -0.2) is 4.98 Å². The zero-order valence-corrected chi connectivity index (χ0v) is 24.8.